The van der Waals surface area contributed by atoms with Crippen molar-refractivity contribution in [3.63, 3.8) is 0 Å². The highest BCUT2D eigenvalue weighted by molar-refractivity contribution is 6.12. The van der Waals surface area contributed by atoms with Crippen molar-refractivity contribution in [2.75, 3.05) is 0 Å². The highest BCUT2D eigenvalue weighted by Crippen LogP contribution is 2.38. The van der Waals surface area contributed by atoms with Crippen LogP contribution in [0, 0.1) is 0 Å². The van der Waals surface area contributed by atoms with E-state index in [1.807, 2.05) is 0 Å². The van der Waals surface area contributed by atoms with Crippen molar-refractivity contribution in [2.24, 2.45) is 0 Å². The Morgan fingerprint density at radius 1 is 0.350 bits per heavy atom. The SMILES string of the molecule is c1ccc(-n2c3ccccc3c3cc(-c4ccc5c(c4)c4ccccc4n5-c4ccc5c(c4)CC5)ccc32)cc1. The first kappa shape index (κ1) is 21.8. The van der Waals surface area contributed by atoms with Gasteiger partial charge in [-0.25, -0.2) is 0 Å². The molecule has 0 saturated carbocycles. The predicted molar refractivity (Wildman–Crippen MR) is 168 cm³/mol. The van der Waals surface area contributed by atoms with E-state index >= 15 is 0 Å². The fraction of sp³-hybridized carbons (Fsp3) is 0.0526. The maximum Gasteiger partial charge on any atom is 0.0541 e. The van der Waals surface area contributed by atoms with Gasteiger partial charge in [0.25, 0.3) is 0 Å². The molecular weight excluding hydrogens is 484 g/mol. The molecule has 2 nitrogen and oxygen atoms in total. The van der Waals surface area contributed by atoms with Gasteiger partial charge in [-0.15, -0.1) is 0 Å². The van der Waals surface area contributed by atoms with Crippen molar-refractivity contribution in [1.82, 2.24) is 9.13 Å². The predicted octanol–water partition coefficient (Wildman–Crippen LogP) is 9.65. The Balaban J connectivity index is 1.26. The molecule has 188 valence electrons. The largest absolute Gasteiger partial charge is 0.309 e. The maximum atomic E-state index is 2.43. The molecule has 8 aromatic rings. The van der Waals surface area contributed by atoms with Crippen LogP contribution in [0.25, 0.3) is 66.1 Å². The van der Waals surface area contributed by atoms with Gasteiger partial charge in [0, 0.05) is 32.9 Å². The Kier molecular flexibility index (Phi) is 4.48. The normalized spacial score (nSPS) is 12.8. The lowest BCUT2D eigenvalue weighted by molar-refractivity contribution is 0.836. The molecule has 0 radical (unpaired) electrons. The Hall–Kier alpha value is -5.08. The quantitative estimate of drug-likeness (QED) is 0.224. The van der Waals surface area contributed by atoms with E-state index in [-0.39, 0.29) is 0 Å². The van der Waals surface area contributed by atoms with Crippen LogP contribution in [0.5, 0.6) is 0 Å². The third-order valence-electron chi connectivity index (χ3n) is 8.80. The number of nitrogens with zero attached hydrogens (tertiary/aromatic N) is 2. The molecule has 0 spiro atoms. The van der Waals surface area contributed by atoms with Gasteiger partial charge in [-0.1, -0.05) is 72.8 Å². The number of rotatable bonds is 3. The Morgan fingerprint density at radius 2 is 0.875 bits per heavy atom. The number of hydrogen-bond donors (Lipinski definition) is 0. The van der Waals surface area contributed by atoms with Crippen molar-refractivity contribution in [2.45, 2.75) is 12.8 Å². The Bertz CT molecular complexity index is 2260. The minimum Gasteiger partial charge on any atom is -0.309 e. The molecule has 0 atom stereocenters. The van der Waals surface area contributed by atoms with Crippen LogP contribution in [-0.2, 0) is 12.8 Å². The molecule has 2 heterocycles. The number of hydrogen-bond acceptors (Lipinski definition) is 0. The monoisotopic (exact) mass is 510 g/mol. The molecule has 2 heteroatoms. The summed E-state index contributed by atoms with van der Waals surface area (Å²) in [6.45, 7) is 0. The van der Waals surface area contributed by atoms with Gasteiger partial charge in [0.2, 0.25) is 0 Å². The average Bonchev–Trinajstić information content (AvgIpc) is 3.50. The second kappa shape index (κ2) is 8.21. The van der Waals surface area contributed by atoms with Gasteiger partial charge in [-0.3, -0.25) is 0 Å². The van der Waals surface area contributed by atoms with Crippen LogP contribution >= 0.6 is 0 Å². The van der Waals surface area contributed by atoms with Crippen LogP contribution in [0.2, 0.25) is 0 Å². The number of fused-ring (bicyclic) bond motifs is 7. The van der Waals surface area contributed by atoms with Crippen LogP contribution < -0.4 is 0 Å². The molecule has 0 fully saturated rings. The van der Waals surface area contributed by atoms with Crippen molar-refractivity contribution >= 4 is 43.6 Å². The molecule has 6 aromatic carbocycles. The van der Waals surface area contributed by atoms with Crippen LogP contribution in [0.3, 0.4) is 0 Å². The number of aromatic nitrogens is 2. The fourth-order valence-electron chi connectivity index (χ4n) is 6.76. The molecule has 0 saturated heterocycles. The second-order valence-electron chi connectivity index (χ2n) is 11.0. The van der Waals surface area contributed by atoms with Crippen LogP contribution in [0.1, 0.15) is 11.1 Å². The molecule has 0 N–H and O–H groups in total. The van der Waals surface area contributed by atoms with Crippen molar-refractivity contribution in [3.05, 3.63) is 145 Å². The summed E-state index contributed by atoms with van der Waals surface area (Å²) in [6.07, 6.45) is 2.40. The Morgan fingerprint density at radius 3 is 1.45 bits per heavy atom. The summed E-state index contributed by atoms with van der Waals surface area (Å²) >= 11 is 0. The molecule has 40 heavy (non-hydrogen) atoms. The number of aryl methyl sites for hydroxylation is 2. The van der Waals surface area contributed by atoms with Gasteiger partial charge in [0.15, 0.2) is 0 Å². The minimum atomic E-state index is 1.19. The zero-order chi connectivity index (χ0) is 26.2. The average molecular weight is 511 g/mol. The molecule has 9 rings (SSSR count). The van der Waals surface area contributed by atoms with E-state index < -0.39 is 0 Å². The summed E-state index contributed by atoms with van der Waals surface area (Å²) < 4.78 is 4.81. The first-order chi connectivity index (χ1) is 19.8. The molecule has 0 unspecified atom stereocenters. The second-order valence-corrected chi connectivity index (χ2v) is 11.0. The molecule has 0 amide bonds. The van der Waals surface area contributed by atoms with Gasteiger partial charge in [-0.05, 0) is 95.8 Å². The van der Waals surface area contributed by atoms with E-state index in [1.165, 1.54) is 90.1 Å². The van der Waals surface area contributed by atoms with Crippen molar-refractivity contribution in [1.29, 1.82) is 0 Å². The molecular formula is C38H26N2. The molecule has 1 aliphatic rings. The van der Waals surface area contributed by atoms with E-state index in [0.29, 0.717) is 0 Å². The zero-order valence-corrected chi connectivity index (χ0v) is 22.0. The first-order valence-electron chi connectivity index (χ1n) is 14.1. The van der Waals surface area contributed by atoms with Crippen LogP contribution in [0.4, 0.5) is 0 Å². The maximum absolute atomic E-state index is 2.43. The highest BCUT2D eigenvalue weighted by atomic mass is 15.0. The lowest BCUT2D eigenvalue weighted by Crippen LogP contribution is -2.09. The molecule has 0 aliphatic heterocycles. The zero-order valence-electron chi connectivity index (χ0n) is 22.0. The van der Waals surface area contributed by atoms with Gasteiger partial charge >= 0.3 is 0 Å². The summed E-state index contributed by atoms with van der Waals surface area (Å²) in [4.78, 5) is 0. The third-order valence-corrected chi connectivity index (χ3v) is 8.80. The smallest absolute Gasteiger partial charge is 0.0541 e. The lowest BCUT2D eigenvalue weighted by Gasteiger charge is -2.20. The van der Waals surface area contributed by atoms with E-state index in [1.54, 1.807) is 0 Å². The lowest BCUT2D eigenvalue weighted by atomic mass is 9.88. The molecule has 2 aromatic heterocycles. The summed E-state index contributed by atoms with van der Waals surface area (Å²) in [7, 11) is 0. The minimum absolute atomic E-state index is 1.19. The standard InChI is InChI=1S/C38H26N2/c1-2-8-29(9-3-1)39-35-12-6-4-10-31(35)33-23-27(17-20-37(33)39)28-18-21-38-34(24-28)32-11-5-7-13-36(32)40(38)30-19-16-25-14-15-26(25)22-30/h1-13,16-24H,14-15H2. The fourth-order valence-corrected chi connectivity index (χ4v) is 6.76. The summed E-state index contributed by atoms with van der Waals surface area (Å²) in [5, 5.41) is 5.15. The van der Waals surface area contributed by atoms with E-state index in [2.05, 4.69) is 143 Å². The number of para-hydroxylation sites is 3. The molecule has 1 aliphatic carbocycles. The van der Waals surface area contributed by atoms with Crippen molar-refractivity contribution in [3.8, 4) is 22.5 Å². The van der Waals surface area contributed by atoms with E-state index in [4.69, 9.17) is 0 Å². The Labute approximate surface area is 232 Å². The van der Waals surface area contributed by atoms with Crippen molar-refractivity contribution < 1.29 is 0 Å². The van der Waals surface area contributed by atoms with Gasteiger partial charge in [0.05, 0.1) is 22.1 Å². The van der Waals surface area contributed by atoms with Gasteiger partial charge in [0.1, 0.15) is 0 Å². The summed E-state index contributed by atoms with van der Waals surface area (Å²) in [5.41, 5.74) is 12.9. The van der Waals surface area contributed by atoms with Gasteiger partial charge in [-0.2, -0.15) is 0 Å². The summed E-state index contributed by atoms with van der Waals surface area (Å²) in [5.74, 6) is 0. The summed E-state index contributed by atoms with van der Waals surface area (Å²) in [6, 6.07) is 49.1. The van der Waals surface area contributed by atoms with Gasteiger partial charge < -0.3 is 9.13 Å². The van der Waals surface area contributed by atoms with E-state index in [0.717, 1.165) is 0 Å². The van der Waals surface area contributed by atoms with Crippen LogP contribution in [0.15, 0.2) is 133 Å². The highest BCUT2D eigenvalue weighted by Gasteiger charge is 2.18. The van der Waals surface area contributed by atoms with E-state index in [9.17, 15) is 0 Å². The topological polar surface area (TPSA) is 9.86 Å². The third kappa shape index (κ3) is 3.05. The number of benzene rings is 6. The van der Waals surface area contributed by atoms with Crippen LogP contribution in [-0.4, -0.2) is 9.13 Å². The first-order valence-corrected chi connectivity index (χ1v) is 14.1. The molecule has 0 bridgehead atoms.